The van der Waals surface area contributed by atoms with Crippen LogP contribution in [0.25, 0.3) is 0 Å². The van der Waals surface area contributed by atoms with E-state index < -0.39 is 12.1 Å². The molecule has 0 bridgehead atoms. The van der Waals surface area contributed by atoms with Gasteiger partial charge in [-0.05, 0) is 12.5 Å². The average Bonchev–Trinajstić information content (AvgIpc) is 1.94. The van der Waals surface area contributed by atoms with Crippen LogP contribution in [0, 0.1) is 0 Å². The molecular formula is C8H10O4. The molecule has 0 N–H and O–H groups in total. The molecule has 4 heteroatoms. The molecule has 1 aliphatic heterocycles. The number of rotatable bonds is 3. The molecule has 1 unspecified atom stereocenters. The van der Waals surface area contributed by atoms with Crippen molar-refractivity contribution in [3.63, 3.8) is 0 Å². The Morgan fingerprint density at radius 1 is 1.83 bits per heavy atom. The molecule has 0 aromatic rings. The van der Waals surface area contributed by atoms with E-state index in [2.05, 4.69) is 11.3 Å². The summed E-state index contributed by atoms with van der Waals surface area (Å²) >= 11 is 0. The second-order valence-electron chi connectivity index (χ2n) is 2.75. The van der Waals surface area contributed by atoms with E-state index in [-0.39, 0.29) is 19.0 Å². The Bertz CT molecular complexity index is 223. The number of hydrogen-bond acceptors (Lipinski definition) is 4. The highest BCUT2D eigenvalue weighted by Crippen LogP contribution is 2.14. The molecule has 1 rings (SSSR count). The summed E-state index contributed by atoms with van der Waals surface area (Å²) in [4.78, 5) is 21.2. The van der Waals surface area contributed by atoms with E-state index in [1.807, 2.05) is 0 Å². The van der Waals surface area contributed by atoms with Crippen LogP contribution in [0.2, 0.25) is 0 Å². The van der Waals surface area contributed by atoms with Gasteiger partial charge in [0.2, 0.25) is 6.10 Å². The van der Waals surface area contributed by atoms with Gasteiger partial charge in [-0.3, -0.25) is 4.79 Å². The van der Waals surface area contributed by atoms with E-state index in [1.54, 1.807) is 6.92 Å². The van der Waals surface area contributed by atoms with Gasteiger partial charge in [-0.2, -0.15) is 0 Å². The lowest BCUT2D eigenvalue weighted by atomic mass is 10.2. The molecule has 0 radical (unpaired) electrons. The summed E-state index contributed by atoms with van der Waals surface area (Å²) in [5.41, 5.74) is 0.758. The maximum atomic E-state index is 10.9. The van der Waals surface area contributed by atoms with E-state index >= 15 is 0 Å². The fraction of sp³-hybridized carbons (Fsp3) is 0.500. The molecule has 0 amide bonds. The minimum Gasteiger partial charge on any atom is -0.458 e. The zero-order valence-corrected chi connectivity index (χ0v) is 6.83. The van der Waals surface area contributed by atoms with E-state index in [9.17, 15) is 9.59 Å². The third kappa shape index (κ3) is 2.08. The fourth-order valence-corrected chi connectivity index (χ4v) is 0.719. The highest BCUT2D eigenvalue weighted by molar-refractivity contribution is 5.89. The molecule has 4 nitrogen and oxygen atoms in total. The van der Waals surface area contributed by atoms with Crippen LogP contribution >= 0.6 is 0 Å². The Hall–Kier alpha value is -1.32. The van der Waals surface area contributed by atoms with Crippen LogP contribution in [-0.4, -0.2) is 24.6 Å². The average molecular weight is 170 g/mol. The molecule has 0 aromatic carbocycles. The summed E-state index contributed by atoms with van der Waals surface area (Å²) in [7, 11) is 0. The van der Waals surface area contributed by atoms with Gasteiger partial charge in [-0.25, -0.2) is 4.79 Å². The van der Waals surface area contributed by atoms with Gasteiger partial charge in [-0.15, -0.1) is 0 Å². The van der Waals surface area contributed by atoms with Crippen molar-refractivity contribution < 1.29 is 19.1 Å². The first-order valence-electron chi connectivity index (χ1n) is 3.60. The van der Waals surface area contributed by atoms with Gasteiger partial charge >= 0.3 is 11.9 Å². The first-order valence-corrected chi connectivity index (χ1v) is 3.60. The summed E-state index contributed by atoms with van der Waals surface area (Å²) in [5, 5.41) is 0. The van der Waals surface area contributed by atoms with Crippen molar-refractivity contribution in [2.75, 3.05) is 6.61 Å². The van der Waals surface area contributed by atoms with Crippen LogP contribution < -0.4 is 0 Å². The van der Waals surface area contributed by atoms with Crippen LogP contribution in [0.1, 0.15) is 13.3 Å². The van der Waals surface area contributed by atoms with Gasteiger partial charge in [0.25, 0.3) is 0 Å². The van der Waals surface area contributed by atoms with Crippen molar-refractivity contribution in [1.82, 2.24) is 0 Å². The first-order chi connectivity index (χ1) is 5.59. The normalized spacial score (nSPS) is 20.8. The molecule has 0 spiro atoms. The minimum atomic E-state index is -0.683. The van der Waals surface area contributed by atoms with Crippen molar-refractivity contribution in [2.45, 2.75) is 19.4 Å². The quantitative estimate of drug-likeness (QED) is 0.455. The summed E-state index contributed by atoms with van der Waals surface area (Å²) in [6.45, 7) is 5.50. The van der Waals surface area contributed by atoms with Gasteiger partial charge in [0.05, 0.1) is 6.42 Å². The topological polar surface area (TPSA) is 52.6 Å². The van der Waals surface area contributed by atoms with Gasteiger partial charge in [-0.1, -0.05) is 6.58 Å². The maximum Gasteiger partial charge on any atom is 0.348 e. The van der Waals surface area contributed by atoms with Crippen LogP contribution in [0.4, 0.5) is 0 Å². The van der Waals surface area contributed by atoms with Gasteiger partial charge in [0, 0.05) is 0 Å². The fourth-order valence-electron chi connectivity index (χ4n) is 0.719. The van der Waals surface area contributed by atoms with Gasteiger partial charge < -0.3 is 9.47 Å². The summed E-state index contributed by atoms with van der Waals surface area (Å²) in [6, 6.07) is 0. The lowest BCUT2D eigenvalue weighted by molar-refractivity contribution is -0.185. The van der Waals surface area contributed by atoms with E-state index in [0.717, 1.165) is 5.57 Å². The van der Waals surface area contributed by atoms with Crippen molar-refractivity contribution in [3.8, 4) is 0 Å². The third-order valence-corrected chi connectivity index (χ3v) is 1.35. The van der Waals surface area contributed by atoms with Gasteiger partial charge in [0.1, 0.15) is 6.61 Å². The summed E-state index contributed by atoms with van der Waals surface area (Å²) < 4.78 is 9.23. The lowest BCUT2D eigenvalue weighted by Gasteiger charge is -2.23. The number of cyclic esters (lactones) is 1. The van der Waals surface area contributed by atoms with E-state index in [4.69, 9.17) is 4.74 Å². The maximum absolute atomic E-state index is 10.9. The summed E-state index contributed by atoms with van der Waals surface area (Å²) in [6.07, 6.45) is -0.550. The zero-order chi connectivity index (χ0) is 9.14. The molecule has 0 aromatic heterocycles. The largest absolute Gasteiger partial charge is 0.458 e. The molecule has 0 saturated carbocycles. The number of esters is 2. The molecule has 66 valence electrons. The number of carbonyl (C=O) groups is 2. The third-order valence-electron chi connectivity index (χ3n) is 1.35. The molecule has 1 heterocycles. The van der Waals surface area contributed by atoms with Crippen LogP contribution in [0.5, 0.6) is 0 Å². The van der Waals surface area contributed by atoms with Crippen LogP contribution in [0.3, 0.4) is 0 Å². The number of carbonyl (C=O) groups excluding carboxylic acids is 2. The van der Waals surface area contributed by atoms with E-state index in [0.29, 0.717) is 0 Å². The monoisotopic (exact) mass is 170 g/mol. The molecule has 1 saturated heterocycles. The highest BCUT2D eigenvalue weighted by Gasteiger charge is 2.36. The second kappa shape index (κ2) is 3.38. The predicted octanol–water partition coefficient (Wildman–Crippen LogP) is 0.421. The molecule has 0 aliphatic carbocycles. The Balaban J connectivity index is 2.21. The Morgan fingerprint density at radius 2 is 2.42 bits per heavy atom. The number of hydrogen-bond donors (Lipinski definition) is 0. The van der Waals surface area contributed by atoms with Crippen molar-refractivity contribution in [3.05, 3.63) is 12.2 Å². The Labute approximate surface area is 70.1 Å². The molecule has 1 fully saturated rings. The van der Waals surface area contributed by atoms with Crippen molar-refractivity contribution >= 4 is 11.9 Å². The highest BCUT2D eigenvalue weighted by atomic mass is 16.6. The number of ether oxygens (including phenoxy) is 2. The van der Waals surface area contributed by atoms with Crippen LogP contribution in [-0.2, 0) is 19.1 Å². The molecule has 12 heavy (non-hydrogen) atoms. The zero-order valence-electron chi connectivity index (χ0n) is 6.83. The molecule has 1 atom stereocenters. The van der Waals surface area contributed by atoms with E-state index in [1.165, 1.54) is 0 Å². The van der Waals surface area contributed by atoms with Crippen molar-refractivity contribution in [1.29, 1.82) is 0 Å². The van der Waals surface area contributed by atoms with Crippen LogP contribution in [0.15, 0.2) is 12.2 Å². The predicted molar refractivity (Wildman–Crippen MR) is 40.3 cm³/mol. The Kier molecular flexibility index (Phi) is 2.47. The minimum absolute atomic E-state index is 0.134. The first kappa shape index (κ1) is 8.77. The van der Waals surface area contributed by atoms with Gasteiger partial charge in [0.15, 0.2) is 0 Å². The summed E-state index contributed by atoms with van der Waals surface area (Å²) in [5.74, 6) is -0.843. The SMILES string of the molecule is C=C(C)COC(=O)C1CC(=O)O1. The standard InChI is InChI=1S/C8H10O4/c1-5(2)4-11-8(10)6-3-7(9)12-6/h6H,1,3-4H2,2H3. The second-order valence-corrected chi connectivity index (χ2v) is 2.75. The smallest absolute Gasteiger partial charge is 0.348 e. The Morgan fingerprint density at radius 3 is 2.83 bits per heavy atom. The lowest BCUT2D eigenvalue weighted by Crippen LogP contribution is -2.40. The van der Waals surface area contributed by atoms with Crippen molar-refractivity contribution in [2.24, 2.45) is 0 Å². The molecule has 1 aliphatic rings. The molecular weight excluding hydrogens is 160 g/mol.